The molecule has 4 atom stereocenters. The quantitative estimate of drug-likeness (QED) is 0.622. The molecule has 0 saturated carbocycles. The number of fused-ring (bicyclic) bond motifs is 1. The molecule has 2 aliphatic rings. The molecule has 0 aromatic rings. The summed E-state index contributed by atoms with van der Waals surface area (Å²) in [6, 6.07) is 0. The molecule has 80 valence electrons. The topological polar surface area (TPSA) is 44.8 Å². The smallest absolute Gasteiger partial charge is 0.312 e. The van der Waals surface area contributed by atoms with Gasteiger partial charge in [0.25, 0.3) is 0 Å². The number of esters is 1. The number of carbonyl (C=O) groups is 1. The van der Waals surface area contributed by atoms with Crippen LogP contribution in [0, 0.1) is 11.8 Å². The predicted molar refractivity (Wildman–Crippen MR) is 48.5 cm³/mol. The minimum Gasteiger partial charge on any atom is -0.466 e. The second-order valence-electron chi connectivity index (χ2n) is 3.81. The van der Waals surface area contributed by atoms with Crippen molar-refractivity contribution in [2.45, 2.75) is 32.7 Å². The molecule has 0 amide bonds. The molecule has 0 unspecified atom stereocenters. The minimum absolute atomic E-state index is 0.0793. The van der Waals surface area contributed by atoms with E-state index in [0.717, 1.165) is 6.42 Å². The Kier molecular flexibility index (Phi) is 2.74. The highest BCUT2D eigenvalue weighted by Crippen LogP contribution is 2.40. The zero-order valence-electron chi connectivity index (χ0n) is 8.56. The SMILES string of the molecule is CCOC(=O)[C@@H]1[C@H]2CCO[C@@H]2O[C@H]1C. The van der Waals surface area contributed by atoms with Crippen molar-refractivity contribution in [1.29, 1.82) is 0 Å². The van der Waals surface area contributed by atoms with Crippen LogP contribution in [0.25, 0.3) is 0 Å². The summed E-state index contributed by atoms with van der Waals surface area (Å²) in [5.41, 5.74) is 0. The highest BCUT2D eigenvalue weighted by Gasteiger charge is 2.50. The monoisotopic (exact) mass is 200 g/mol. The molecule has 2 saturated heterocycles. The Balaban J connectivity index is 2.05. The molecule has 0 radical (unpaired) electrons. The summed E-state index contributed by atoms with van der Waals surface area (Å²) in [7, 11) is 0. The third-order valence-corrected chi connectivity index (χ3v) is 2.96. The highest BCUT2D eigenvalue weighted by atomic mass is 16.7. The van der Waals surface area contributed by atoms with Crippen LogP contribution in [0.4, 0.5) is 0 Å². The van der Waals surface area contributed by atoms with E-state index in [2.05, 4.69) is 0 Å². The minimum atomic E-state index is -0.181. The van der Waals surface area contributed by atoms with E-state index in [1.165, 1.54) is 0 Å². The highest BCUT2D eigenvalue weighted by molar-refractivity contribution is 5.74. The molecule has 0 N–H and O–H groups in total. The van der Waals surface area contributed by atoms with Gasteiger partial charge < -0.3 is 14.2 Å². The van der Waals surface area contributed by atoms with Gasteiger partial charge in [-0.1, -0.05) is 0 Å². The van der Waals surface area contributed by atoms with Gasteiger partial charge in [-0.15, -0.1) is 0 Å². The van der Waals surface area contributed by atoms with E-state index in [1.54, 1.807) is 0 Å². The van der Waals surface area contributed by atoms with E-state index in [-0.39, 0.29) is 30.2 Å². The van der Waals surface area contributed by atoms with Crippen molar-refractivity contribution in [2.24, 2.45) is 11.8 Å². The fraction of sp³-hybridized carbons (Fsp3) is 0.900. The Morgan fingerprint density at radius 1 is 1.57 bits per heavy atom. The lowest BCUT2D eigenvalue weighted by Crippen LogP contribution is -2.29. The van der Waals surface area contributed by atoms with E-state index >= 15 is 0 Å². The number of hydrogen-bond acceptors (Lipinski definition) is 4. The van der Waals surface area contributed by atoms with E-state index in [1.807, 2.05) is 13.8 Å². The van der Waals surface area contributed by atoms with Crippen molar-refractivity contribution in [2.75, 3.05) is 13.2 Å². The first-order valence-corrected chi connectivity index (χ1v) is 5.17. The second kappa shape index (κ2) is 3.87. The molecular weight excluding hydrogens is 184 g/mol. The average molecular weight is 200 g/mol. The zero-order valence-corrected chi connectivity index (χ0v) is 8.56. The second-order valence-corrected chi connectivity index (χ2v) is 3.81. The Morgan fingerprint density at radius 2 is 2.36 bits per heavy atom. The fourth-order valence-electron chi connectivity index (χ4n) is 2.32. The number of rotatable bonds is 2. The van der Waals surface area contributed by atoms with E-state index in [4.69, 9.17) is 14.2 Å². The summed E-state index contributed by atoms with van der Waals surface area (Å²) in [4.78, 5) is 11.6. The maximum absolute atomic E-state index is 11.6. The van der Waals surface area contributed by atoms with Crippen LogP contribution in [0.3, 0.4) is 0 Å². The van der Waals surface area contributed by atoms with Gasteiger partial charge in [0.1, 0.15) is 0 Å². The van der Waals surface area contributed by atoms with Crippen LogP contribution in [0.2, 0.25) is 0 Å². The molecular formula is C10H16O4. The molecule has 2 fully saturated rings. The summed E-state index contributed by atoms with van der Waals surface area (Å²) in [5.74, 6) is -0.0792. The lowest BCUT2D eigenvalue weighted by molar-refractivity contribution is -0.151. The molecule has 14 heavy (non-hydrogen) atoms. The van der Waals surface area contributed by atoms with Crippen LogP contribution in [0.15, 0.2) is 0 Å². The summed E-state index contributed by atoms with van der Waals surface area (Å²) in [5, 5.41) is 0. The summed E-state index contributed by atoms with van der Waals surface area (Å²) >= 11 is 0. The maximum Gasteiger partial charge on any atom is 0.312 e. The van der Waals surface area contributed by atoms with Crippen molar-refractivity contribution in [3.8, 4) is 0 Å². The van der Waals surface area contributed by atoms with Crippen molar-refractivity contribution in [3.63, 3.8) is 0 Å². The van der Waals surface area contributed by atoms with Crippen LogP contribution in [0.5, 0.6) is 0 Å². The van der Waals surface area contributed by atoms with Crippen molar-refractivity contribution >= 4 is 5.97 Å². The fourth-order valence-corrected chi connectivity index (χ4v) is 2.32. The van der Waals surface area contributed by atoms with E-state index in [9.17, 15) is 4.79 Å². The third kappa shape index (κ3) is 1.53. The predicted octanol–water partition coefficient (Wildman–Crippen LogP) is 0.947. The molecule has 4 nitrogen and oxygen atoms in total. The van der Waals surface area contributed by atoms with Crippen LogP contribution in [0.1, 0.15) is 20.3 Å². The largest absolute Gasteiger partial charge is 0.466 e. The van der Waals surface area contributed by atoms with Crippen LogP contribution in [-0.2, 0) is 19.0 Å². The van der Waals surface area contributed by atoms with Crippen LogP contribution in [-0.4, -0.2) is 31.6 Å². The van der Waals surface area contributed by atoms with Crippen molar-refractivity contribution < 1.29 is 19.0 Å². The molecule has 2 rings (SSSR count). The molecule has 0 spiro atoms. The van der Waals surface area contributed by atoms with E-state index in [0.29, 0.717) is 13.2 Å². The van der Waals surface area contributed by atoms with Gasteiger partial charge in [-0.05, 0) is 20.3 Å². The van der Waals surface area contributed by atoms with Crippen molar-refractivity contribution in [3.05, 3.63) is 0 Å². The summed E-state index contributed by atoms with van der Waals surface area (Å²) < 4.78 is 15.9. The number of carbonyl (C=O) groups excluding carboxylic acids is 1. The Morgan fingerprint density at radius 3 is 3.07 bits per heavy atom. The summed E-state index contributed by atoms with van der Waals surface area (Å²) in [6.45, 7) is 4.85. The molecule has 0 aromatic carbocycles. The van der Waals surface area contributed by atoms with Crippen molar-refractivity contribution in [1.82, 2.24) is 0 Å². The average Bonchev–Trinajstić information content (AvgIpc) is 2.63. The zero-order chi connectivity index (χ0) is 10.1. The maximum atomic E-state index is 11.6. The van der Waals surface area contributed by atoms with Gasteiger partial charge in [-0.2, -0.15) is 0 Å². The summed E-state index contributed by atoms with van der Waals surface area (Å²) in [6.07, 6.45) is 0.641. The first-order chi connectivity index (χ1) is 6.74. The Labute approximate surface area is 83.5 Å². The number of hydrogen-bond donors (Lipinski definition) is 0. The van der Waals surface area contributed by atoms with Crippen LogP contribution >= 0.6 is 0 Å². The molecule has 0 aliphatic carbocycles. The third-order valence-electron chi connectivity index (χ3n) is 2.96. The van der Waals surface area contributed by atoms with Gasteiger partial charge in [0, 0.05) is 5.92 Å². The first kappa shape index (κ1) is 9.93. The first-order valence-electron chi connectivity index (χ1n) is 5.17. The lowest BCUT2D eigenvalue weighted by atomic mass is 9.89. The van der Waals surface area contributed by atoms with Gasteiger partial charge in [-0.3, -0.25) is 4.79 Å². The Hall–Kier alpha value is -0.610. The molecule has 0 aromatic heterocycles. The molecule has 2 heterocycles. The number of ether oxygens (including phenoxy) is 3. The van der Waals surface area contributed by atoms with Gasteiger partial charge in [0.05, 0.1) is 25.2 Å². The molecule has 2 aliphatic heterocycles. The van der Waals surface area contributed by atoms with Gasteiger partial charge >= 0.3 is 5.97 Å². The van der Waals surface area contributed by atoms with Gasteiger partial charge in [0.2, 0.25) is 0 Å². The van der Waals surface area contributed by atoms with Gasteiger partial charge in [0.15, 0.2) is 6.29 Å². The Bertz CT molecular complexity index is 228. The van der Waals surface area contributed by atoms with Gasteiger partial charge in [-0.25, -0.2) is 0 Å². The van der Waals surface area contributed by atoms with E-state index < -0.39 is 0 Å². The lowest BCUT2D eigenvalue weighted by Gasteiger charge is -2.16. The molecule has 0 bridgehead atoms. The standard InChI is InChI=1S/C10H16O4/c1-3-12-9(11)8-6(2)14-10-7(8)4-5-13-10/h6-8,10H,3-5H2,1-2H3/t6-,7+,8-,10+/m0/s1. The van der Waals surface area contributed by atoms with Crippen LogP contribution < -0.4 is 0 Å². The molecule has 4 heteroatoms. The normalized spacial score (nSPS) is 41.0.